The van der Waals surface area contributed by atoms with E-state index in [1.807, 2.05) is 16.8 Å². The fraction of sp³-hybridized carbons (Fsp3) is 0.364. The molecule has 0 aliphatic carbocycles. The van der Waals surface area contributed by atoms with E-state index in [4.69, 9.17) is 0 Å². The summed E-state index contributed by atoms with van der Waals surface area (Å²) < 4.78 is 0. The van der Waals surface area contributed by atoms with Crippen LogP contribution in [0.2, 0.25) is 0 Å². The summed E-state index contributed by atoms with van der Waals surface area (Å²) in [5, 5.41) is 16.1. The average molecular weight is 225 g/mol. The van der Waals surface area contributed by atoms with E-state index in [9.17, 15) is 9.90 Å². The van der Waals surface area contributed by atoms with Crippen LogP contribution in [-0.2, 0) is 4.79 Å². The highest BCUT2D eigenvalue weighted by molar-refractivity contribution is 7.07. The molecule has 0 spiro atoms. The minimum atomic E-state index is -0.607. The molecule has 0 saturated carbocycles. The van der Waals surface area contributed by atoms with Crippen molar-refractivity contribution < 1.29 is 9.90 Å². The van der Waals surface area contributed by atoms with Gasteiger partial charge in [0.05, 0.1) is 6.10 Å². The zero-order chi connectivity index (χ0) is 11.1. The summed E-state index contributed by atoms with van der Waals surface area (Å²) in [6.45, 7) is 3.81. The second kappa shape index (κ2) is 6.37. The molecule has 2 N–H and O–H groups in total. The first-order valence-electron chi connectivity index (χ1n) is 4.81. The number of allylic oxidation sites excluding steroid dienone is 1. The van der Waals surface area contributed by atoms with Crippen molar-refractivity contribution in [3.63, 3.8) is 0 Å². The van der Waals surface area contributed by atoms with Gasteiger partial charge in [-0.1, -0.05) is 6.08 Å². The van der Waals surface area contributed by atoms with Crippen LogP contribution in [0.15, 0.2) is 29.5 Å². The van der Waals surface area contributed by atoms with Crippen LogP contribution in [0.1, 0.15) is 24.5 Å². The summed E-state index contributed by atoms with van der Waals surface area (Å²) in [4.78, 5) is 11.2. The molecular formula is C11H15NO2S. The molecule has 82 valence electrons. The van der Waals surface area contributed by atoms with Gasteiger partial charge in [-0.25, -0.2) is 0 Å². The summed E-state index contributed by atoms with van der Waals surface area (Å²) in [5.74, 6) is -0.0517. The van der Waals surface area contributed by atoms with E-state index in [0.29, 0.717) is 12.8 Å². The third kappa shape index (κ3) is 4.27. The Labute approximate surface area is 93.4 Å². The highest BCUT2D eigenvalue weighted by atomic mass is 32.1. The Kier molecular flexibility index (Phi) is 5.07. The molecule has 0 aliphatic heterocycles. The van der Waals surface area contributed by atoms with Gasteiger partial charge in [0.2, 0.25) is 5.91 Å². The first kappa shape index (κ1) is 11.9. The minimum Gasteiger partial charge on any atom is -0.387 e. The Hall–Kier alpha value is -1.13. The number of aliphatic hydroxyl groups is 1. The number of thiophene rings is 1. The van der Waals surface area contributed by atoms with E-state index >= 15 is 0 Å². The minimum absolute atomic E-state index is 0.0517. The summed E-state index contributed by atoms with van der Waals surface area (Å²) in [6.07, 6.45) is 2.19. The van der Waals surface area contributed by atoms with Crippen LogP contribution < -0.4 is 5.32 Å². The van der Waals surface area contributed by atoms with E-state index in [1.165, 1.54) is 11.3 Å². The van der Waals surface area contributed by atoms with E-state index in [-0.39, 0.29) is 12.5 Å². The third-order valence-electron chi connectivity index (χ3n) is 2.00. The van der Waals surface area contributed by atoms with Crippen molar-refractivity contribution in [3.05, 3.63) is 35.0 Å². The number of carbonyl (C=O) groups is 1. The van der Waals surface area contributed by atoms with Gasteiger partial charge < -0.3 is 10.4 Å². The quantitative estimate of drug-likeness (QED) is 0.726. The molecule has 0 saturated heterocycles. The first-order chi connectivity index (χ1) is 7.24. The summed E-state index contributed by atoms with van der Waals surface area (Å²) in [7, 11) is 0. The van der Waals surface area contributed by atoms with Crippen LogP contribution in [0.5, 0.6) is 0 Å². The fourth-order valence-corrected chi connectivity index (χ4v) is 1.82. The molecule has 0 aromatic carbocycles. The Morgan fingerprint density at radius 1 is 1.73 bits per heavy atom. The third-order valence-corrected chi connectivity index (χ3v) is 2.70. The predicted octanol–water partition coefficient (Wildman–Crippen LogP) is 1.86. The van der Waals surface area contributed by atoms with Gasteiger partial charge in [0.1, 0.15) is 0 Å². The highest BCUT2D eigenvalue weighted by Gasteiger charge is 2.08. The lowest BCUT2D eigenvalue weighted by molar-refractivity contribution is -0.121. The Balaban J connectivity index is 2.25. The van der Waals surface area contributed by atoms with Gasteiger partial charge in [-0.2, -0.15) is 11.3 Å². The molecule has 3 nitrogen and oxygen atoms in total. The second-order valence-corrected chi connectivity index (χ2v) is 3.98. The van der Waals surface area contributed by atoms with Crippen LogP contribution >= 0.6 is 11.3 Å². The molecule has 4 heteroatoms. The number of amides is 1. The topological polar surface area (TPSA) is 49.3 Å². The van der Waals surface area contributed by atoms with Gasteiger partial charge >= 0.3 is 0 Å². The Morgan fingerprint density at radius 2 is 2.53 bits per heavy atom. The van der Waals surface area contributed by atoms with Gasteiger partial charge in [-0.15, -0.1) is 6.58 Å². The smallest absolute Gasteiger partial charge is 0.220 e. The molecule has 1 heterocycles. The second-order valence-electron chi connectivity index (χ2n) is 3.20. The SMILES string of the molecule is C=CCCC(=O)NCC(O)c1ccsc1. The van der Waals surface area contributed by atoms with Crippen LogP contribution in [0.25, 0.3) is 0 Å². The molecule has 1 atom stereocenters. The number of hydrogen-bond donors (Lipinski definition) is 2. The standard InChI is InChI=1S/C11H15NO2S/c1-2-3-4-11(14)12-7-10(13)9-5-6-15-8-9/h2,5-6,8,10,13H,1,3-4,7H2,(H,12,14). The lowest BCUT2D eigenvalue weighted by atomic mass is 10.2. The van der Waals surface area contributed by atoms with Gasteiger partial charge in [-0.05, 0) is 28.8 Å². The molecule has 1 unspecified atom stereocenters. The van der Waals surface area contributed by atoms with Crippen LogP contribution in [-0.4, -0.2) is 17.6 Å². The monoisotopic (exact) mass is 225 g/mol. The van der Waals surface area contributed by atoms with E-state index < -0.39 is 6.10 Å². The molecule has 15 heavy (non-hydrogen) atoms. The summed E-state index contributed by atoms with van der Waals surface area (Å²) in [6, 6.07) is 1.85. The van der Waals surface area contributed by atoms with Crippen LogP contribution in [0, 0.1) is 0 Å². The fourth-order valence-electron chi connectivity index (χ4n) is 1.11. The zero-order valence-corrected chi connectivity index (χ0v) is 9.30. The number of hydrogen-bond acceptors (Lipinski definition) is 3. The molecule has 1 amide bonds. The van der Waals surface area contributed by atoms with E-state index in [0.717, 1.165) is 5.56 Å². The Morgan fingerprint density at radius 3 is 3.13 bits per heavy atom. The van der Waals surface area contributed by atoms with Crippen molar-refractivity contribution in [2.45, 2.75) is 18.9 Å². The lowest BCUT2D eigenvalue weighted by Crippen LogP contribution is -2.27. The average Bonchev–Trinajstić information content (AvgIpc) is 2.76. The van der Waals surface area contributed by atoms with Gasteiger partial charge in [0.25, 0.3) is 0 Å². The number of carbonyl (C=O) groups excluding carboxylic acids is 1. The first-order valence-corrected chi connectivity index (χ1v) is 5.76. The zero-order valence-electron chi connectivity index (χ0n) is 8.48. The summed E-state index contributed by atoms with van der Waals surface area (Å²) >= 11 is 1.53. The molecular weight excluding hydrogens is 210 g/mol. The lowest BCUT2D eigenvalue weighted by Gasteiger charge is -2.09. The number of rotatable bonds is 6. The largest absolute Gasteiger partial charge is 0.387 e. The molecule has 0 fully saturated rings. The number of nitrogens with one attached hydrogen (secondary N) is 1. The maximum absolute atomic E-state index is 11.2. The van der Waals surface area contributed by atoms with Crippen molar-refractivity contribution in [3.8, 4) is 0 Å². The predicted molar refractivity (Wildman–Crippen MR) is 61.7 cm³/mol. The van der Waals surface area contributed by atoms with Gasteiger partial charge in [0, 0.05) is 13.0 Å². The molecule has 1 aromatic heterocycles. The van der Waals surface area contributed by atoms with E-state index in [1.54, 1.807) is 6.08 Å². The Bertz CT molecular complexity index is 308. The van der Waals surface area contributed by atoms with E-state index in [2.05, 4.69) is 11.9 Å². The van der Waals surface area contributed by atoms with Crippen LogP contribution in [0.3, 0.4) is 0 Å². The van der Waals surface area contributed by atoms with Gasteiger partial charge in [0.15, 0.2) is 0 Å². The van der Waals surface area contributed by atoms with Crippen molar-refractivity contribution in [1.29, 1.82) is 0 Å². The number of aliphatic hydroxyl groups excluding tert-OH is 1. The normalized spacial score (nSPS) is 12.1. The maximum atomic E-state index is 11.2. The maximum Gasteiger partial charge on any atom is 0.220 e. The van der Waals surface area contributed by atoms with Crippen molar-refractivity contribution in [2.75, 3.05) is 6.54 Å². The van der Waals surface area contributed by atoms with Crippen molar-refractivity contribution in [1.82, 2.24) is 5.32 Å². The van der Waals surface area contributed by atoms with Crippen molar-refractivity contribution in [2.24, 2.45) is 0 Å². The van der Waals surface area contributed by atoms with Crippen molar-refractivity contribution >= 4 is 17.2 Å². The molecule has 0 bridgehead atoms. The highest BCUT2D eigenvalue weighted by Crippen LogP contribution is 2.14. The molecule has 0 radical (unpaired) electrons. The summed E-state index contributed by atoms with van der Waals surface area (Å²) in [5.41, 5.74) is 0.851. The van der Waals surface area contributed by atoms with Crippen LogP contribution in [0.4, 0.5) is 0 Å². The molecule has 1 aromatic rings. The van der Waals surface area contributed by atoms with Gasteiger partial charge in [-0.3, -0.25) is 4.79 Å². The molecule has 1 rings (SSSR count). The molecule has 0 aliphatic rings.